The number of hydrogen-bond donors (Lipinski definition) is 0. The van der Waals surface area contributed by atoms with Crippen LogP contribution in [0, 0.1) is 0 Å². The van der Waals surface area contributed by atoms with Crippen molar-refractivity contribution < 1.29 is 9.31 Å². The maximum absolute atomic E-state index is 6.38. The molecule has 1 aliphatic rings. The Balaban J connectivity index is 1.52. The molecule has 35 heavy (non-hydrogen) atoms. The third-order valence-corrected chi connectivity index (χ3v) is 7.09. The van der Waals surface area contributed by atoms with Gasteiger partial charge >= 0.3 is 7.12 Å². The summed E-state index contributed by atoms with van der Waals surface area (Å²) in [5.41, 5.74) is 4.98. The van der Waals surface area contributed by atoms with E-state index in [1.54, 1.807) is 0 Å². The molecule has 0 saturated carbocycles. The second-order valence-electron chi connectivity index (χ2n) is 10.0. The van der Waals surface area contributed by atoms with Crippen LogP contribution in [0.25, 0.3) is 44.6 Å². The molecule has 1 fully saturated rings. The van der Waals surface area contributed by atoms with E-state index in [-0.39, 0.29) is 0 Å². The van der Waals surface area contributed by atoms with Gasteiger partial charge in [0, 0.05) is 10.8 Å². The molecule has 1 aliphatic heterocycles. The molecule has 0 atom stereocenters. The second-order valence-corrected chi connectivity index (χ2v) is 10.0. The fraction of sp³-hybridized carbons (Fsp3) is 0.207. The Labute approximate surface area is 205 Å². The van der Waals surface area contributed by atoms with Gasteiger partial charge in [-0.1, -0.05) is 48.5 Å². The van der Waals surface area contributed by atoms with Crippen molar-refractivity contribution in [2.75, 3.05) is 0 Å². The van der Waals surface area contributed by atoms with Crippen molar-refractivity contribution in [1.82, 2.24) is 15.0 Å². The summed E-state index contributed by atoms with van der Waals surface area (Å²) in [4.78, 5) is 14.8. The van der Waals surface area contributed by atoms with Gasteiger partial charge in [-0.05, 0) is 69.6 Å². The van der Waals surface area contributed by atoms with Gasteiger partial charge < -0.3 is 9.31 Å². The molecular weight excluding hydrogens is 433 g/mol. The molecule has 2 aromatic carbocycles. The Morgan fingerprint density at radius 1 is 0.543 bits per heavy atom. The van der Waals surface area contributed by atoms with Crippen molar-refractivity contribution in [3.8, 4) is 22.8 Å². The number of pyridine rings is 3. The number of rotatable bonds is 3. The highest BCUT2D eigenvalue weighted by atomic mass is 16.7. The third kappa shape index (κ3) is 3.89. The standard InChI is InChI=1S/C29H26BN3O2/c1-28(2)29(3,4)35-30(34-28)21-17-26(24-15-13-19-9-5-7-11-22(19)31-24)33-27(18-21)25-16-14-20-10-6-8-12-23(20)32-25/h5-18H,1-4H3. The van der Waals surface area contributed by atoms with E-state index in [2.05, 4.69) is 52.0 Å². The summed E-state index contributed by atoms with van der Waals surface area (Å²) in [5, 5.41) is 2.18. The Morgan fingerprint density at radius 2 is 1.00 bits per heavy atom. The van der Waals surface area contributed by atoms with Crippen molar-refractivity contribution in [2.24, 2.45) is 0 Å². The monoisotopic (exact) mass is 459 g/mol. The lowest BCUT2D eigenvalue weighted by Gasteiger charge is -2.32. The van der Waals surface area contributed by atoms with Crippen LogP contribution < -0.4 is 5.46 Å². The van der Waals surface area contributed by atoms with Crippen LogP contribution in [0.5, 0.6) is 0 Å². The molecule has 0 aliphatic carbocycles. The molecule has 0 N–H and O–H groups in total. The van der Waals surface area contributed by atoms with E-state index in [1.165, 1.54) is 0 Å². The summed E-state index contributed by atoms with van der Waals surface area (Å²) in [7, 11) is -0.513. The van der Waals surface area contributed by atoms with Gasteiger partial charge in [0.25, 0.3) is 0 Å². The van der Waals surface area contributed by atoms with Crippen molar-refractivity contribution >= 4 is 34.4 Å². The lowest BCUT2D eigenvalue weighted by molar-refractivity contribution is 0.00578. The van der Waals surface area contributed by atoms with Gasteiger partial charge in [-0.2, -0.15) is 0 Å². The molecular formula is C29H26BN3O2. The minimum absolute atomic E-state index is 0.441. The quantitative estimate of drug-likeness (QED) is 0.319. The van der Waals surface area contributed by atoms with E-state index >= 15 is 0 Å². The SMILES string of the molecule is CC1(C)OB(c2cc(-c3ccc4ccccc4n3)nc(-c3ccc4ccccc4n3)c2)OC1(C)C. The summed E-state index contributed by atoms with van der Waals surface area (Å²) in [5.74, 6) is 0. The third-order valence-electron chi connectivity index (χ3n) is 7.09. The van der Waals surface area contributed by atoms with Gasteiger partial charge in [0.05, 0.1) is 45.0 Å². The molecule has 0 bridgehead atoms. The summed E-state index contributed by atoms with van der Waals surface area (Å²) < 4.78 is 12.8. The number of benzene rings is 2. The fourth-order valence-corrected chi connectivity index (χ4v) is 4.35. The maximum atomic E-state index is 6.38. The molecule has 6 heteroatoms. The molecule has 0 radical (unpaired) electrons. The van der Waals surface area contributed by atoms with Gasteiger partial charge in [-0.3, -0.25) is 0 Å². The van der Waals surface area contributed by atoms with Crippen LogP contribution in [-0.2, 0) is 9.31 Å². The average Bonchev–Trinajstić information content (AvgIpc) is 3.09. The largest absolute Gasteiger partial charge is 0.494 e. The van der Waals surface area contributed by atoms with Gasteiger partial charge in [0.1, 0.15) is 0 Å². The molecule has 3 aromatic heterocycles. The van der Waals surface area contributed by atoms with E-state index in [4.69, 9.17) is 24.3 Å². The summed E-state index contributed by atoms with van der Waals surface area (Å²) in [6.07, 6.45) is 0. The van der Waals surface area contributed by atoms with Gasteiger partial charge in [0.15, 0.2) is 0 Å². The lowest BCUT2D eigenvalue weighted by Crippen LogP contribution is -2.41. The van der Waals surface area contributed by atoms with Crippen molar-refractivity contribution in [3.05, 3.63) is 84.9 Å². The van der Waals surface area contributed by atoms with Crippen LogP contribution >= 0.6 is 0 Å². The number of aromatic nitrogens is 3. The fourth-order valence-electron chi connectivity index (χ4n) is 4.35. The molecule has 4 heterocycles. The Morgan fingerprint density at radius 3 is 1.49 bits per heavy atom. The Kier molecular flexibility index (Phi) is 4.99. The normalized spacial score (nSPS) is 16.7. The molecule has 0 unspecified atom stereocenters. The van der Waals surface area contributed by atoms with E-state index in [9.17, 15) is 0 Å². The molecule has 5 nitrogen and oxygen atoms in total. The van der Waals surface area contributed by atoms with E-state index in [1.807, 2.05) is 60.7 Å². The van der Waals surface area contributed by atoms with Crippen molar-refractivity contribution in [2.45, 2.75) is 38.9 Å². The van der Waals surface area contributed by atoms with Crippen LogP contribution in [0.15, 0.2) is 84.9 Å². The minimum atomic E-state index is -0.513. The van der Waals surface area contributed by atoms with Crippen LogP contribution in [0.4, 0.5) is 0 Å². The van der Waals surface area contributed by atoms with Crippen LogP contribution in [0.2, 0.25) is 0 Å². The van der Waals surface area contributed by atoms with Crippen molar-refractivity contribution in [1.29, 1.82) is 0 Å². The van der Waals surface area contributed by atoms with Crippen LogP contribution in [0.1, 0.15) is 27.7 Å². The minimum Gasteiger partial charge on any atom is -0.399 e. The molecule has 1 saturated heterocycles. The number of para-hydroxylation sites is 2. The van der Waals surface area contributed by atoms with E-state index < -0.39 is 18.3 Å². The highest BCUT2D eigenvalue weighted by molar-refractivity contribution is 6.62. The highest BCUT2D eigenvalue weighted by Gasteiger charge is 2.51. The molecule has 5 aromatic rings. The predicted molar refractivity (Wildman–Crippen MR) is 141 cm³/mol. The molecule has 0 amide bonds. The first-order valence-electron chi connectivity index (χ1n) is 11.9. The summed E-state index contributed by atoms with van der Waals surface area (Å²) in [6, 6.07) is 28.4. The highest BCUT2D eigenvalue weighted by Crippen LogP contribution is 2.37. The predicted octanol–water partition coefficient (Wildman–Crippen LogP) is 5.81. The zero-order valence-electron chi connectivity index (χ0n) is 20.3. The van der Waals surface area contributed by atoms with Gasteiger partial charge in [-0.15, -0.1) is 0 Å². The number of hydrogen-bond acceptors (Lipinski definition) is 5. The number of fused-ring (bicyclic) bond motifs is 2. The average molecular weight is 459 g/mol. The van der Waals surface area contributed by atoms with E-state index in [0.717, 1.165) is 50.0 Å². The second kappa shape index (κ2) is 7.97. The first kappa shape index (κ1) is 21.9. The zero-order chi connectivity index (χ0) is 24.2. The zero-order valence-corrected chi connectivity index (χ0v) is 20.3. The van der Waals surface area contributed by atoms with Crippen LogP contribution in [0.3, 0.4) is 0 Å². The summed E-state index contributed by atoms with van der Waals surface area (Å²) in [6.45, 7) is 8.25. The number of nitrogens with zero attached hydrogens (tertiary/aromatic N) is 3. The lowest BCUT2D eigenvalue weighted by atomic mass is 9.78. The molecule has 0 spiro atoms. The smallest absolute Gasteiger partial charge is 0.399 e. The maximum Gasteiger partial charge on any atom is 0.494 e. The molecule has 6 rings (SSSR count). The molecule has 172 valence electrons. The summed E-state index contributed by atoms with van der Waals surface area (Å²) >= 11 is 0. The Bertz CT molecular complexity index is 1470. The Hall–Kier alpha value is -3.61. The van der Waals surface area contributed by atoms with Crippen LogP contribution in [-0.4, -0.2) is 33.3 Å². The van der Waals surface area contributed by atoms with Gasteiger partial charge in [-0.25, -0.2) is 15.0 Å². The van der Waals surface area contributed by atoms with Gasteiger partial charge in [0.2, 0.25) is 0 Å². The first-order chi connectivity index (χ1) is 16.8. The topological polar surface area (TPSA) is 57.1 Å². The first-order valence-corrected chi connectivity index (χ1v) is 11.9. The van der Waals surface area contributed by atoms with E-state index in [0.29, 0.717) is 0 Å². The van der Waals surface area contributed by atoms with Crippen molar-refractivity contribution in [3.63, 3.8) is 0 Å².